The normalized spacial score (nSPS) is 21.8. The molecule has 0 saturated carbocycles. The summed E-state index contributed by atoms with van der Waals surface area (Å²) in [5, 5.41) is 4.21. The first kappa shape index (κ1) is 14.2. The van der Waals surface area contributed by atoms with E-state index < -0.39 is 0 Å². The van der Waals surface area contributed by atoms with Crippen molar-refractivity contribution in [1.82, 2.24) is 5.32 Å². The molecule has 1 aromatic rings. The Morgan fingerprint density at radius 2 is 2.28 bits per heavy atom. The van der Waals surface area contributed by atoms with E-state index in [1.807, 2.05) is 35.7 Å². The first-order valence-corrected chi connectivity index (χ1v) is 8.56. The molecule has 2 rings (SSSR count). The van der Waals surface area contributed by atoms with Gasteiger partial charge in [-0.15, -0.1) is 0 Å². The van der Waals surface area contributed by atoms with Gasteiger partial charge in [-0.1, -0.05) is 12.1 Å². The Morgan fingerprint density at radius 3 is 2.94 bits per heavy atom. The molecule has 2 unspecified atom stereocenters. The molecule has 0 spiro atoms. The first-order chi connectivity index (χ1) is 8.66. The number of thioether (sulfide) groups is 2. The van der Waals surface area contributed by atoms with E-state index in [0.29, 0.717) is 10.8 Å². The molecule has 18 heavy (non-hydrogen) atoms. The van der Waals surface area contributed by atoms with Gasteiger partial charge >= 0.3 is 0 Å². The Labute approximate surface area is 117 Å². The third-order valence-corrected chi connectivity index (χ3v) is 6.08. The van der Waals surface area contributed by atoms with Gasteiger partial charge in [-0.2, -0.15) is 23.5 Å². The van der Waals surface area contributed by atoms with Crippen LogP contribution >= 0.6 is 23.5 Å². The topological polar surface area (TPSA) is 12.0 Å². The Balaban J connectivity index is 1.86. The zero-order valence-corrected chi connectivity index (χ0v) is 12.5. The van der Waals surface area contributed by atoms with Crippen LogP contribution < -0.4 is 5.32 Å². The van der Waals surface area contributed by atoms with E-state index in [2.05, 4.69) is 12.2 Å². The number of hydrogen-bond donors (Lipinski definition) is 1. The predicted octanol–water partition coefficient (Wildman–Crippen LogP) is 3.63. The summed E-state index contributed by atoms with van der Waals surface area (Å²) in [4.78, 5) is 0. The maximum atomic E-state index is 13.5. The number of nitrogens with one attached hydrogen (secondary N) is 1. The average molecular weight is 285 g/mol. The smallest absolute Gasteiger partial charge is 0.126 e. The summed E-state index contributed by atoms with van der Waals surface area (Å²) in [7, 11) is 0. The molecule has 1 aliphatic rings. The van der Waals surface area contributed by atoms with E-state index in [4.69, 9.17) is 0 Å². The van der Waals surface area contributed by atoms with Crippen molar-refractivity contribution in [2.75, 3.05) is 23.8 Å². The molecule has 1 aliphatic heterocycles. The molecule has 1 N–H and O–H groups in total. The molecule has 1 saturated heterocycles. The Kier molecular flexibility index (Phi) is 5.39. The minimum Gasteiger partial charge on any atom is -0.309 e. The maximum Gasteiger partial charge on any atom is 0.126 e. The molecular formula is C14H20FNS2. The van der Waals surface area contributed by atoms with E-state index in [-0.39, 0.29) is 11.9 Å². The van der Waals surface area contributed by atoms with Gasteiger partial charge in [0.15, 0.2) is 0 Å². The highest BCUT2D eigenvalue weighted by molar-refractivity contribution is 8.06. The molecule has 1 heterocycles. The lowest BCUT2D eigenvalue weighted by atomic mass is 10.1. The van der Waals surface area contributed by atoms with Gasteiger partial charge in [0.1, 0.15) is 5.82 Å². The lowest BCUT2D eigenvalue weighted by molar-refractivity contribution is 0.565. The van der Waals surface area contributed by atoms with E-state index in [0.717, 1.165) is 12.1 Å². The summed E-state index contributed by atoms with van der Waals surface area (Å²) in [6, 6.07) is 5.73. The standard InChI is InChI=1S/C14H20FNS2/c1-10-3-4-12(7-14(10)15)11(2)16-8-13-9-17-5-6-18-13/h3-4,7,11,13,16H,5-6,8-9H2,1-2H3. The minimum absolute atomic E-state index is 0.108. The zero-order valence-electron chi connectivity index (χ0n) is 10.9. The van der Waals surface area contributed by atoms with Crippen molar-refractivity contribution in [2.45, 2.75) is 25.1 Å². The van der Waals surface area contributed by atoms with Crippen LogP contribution in [0.25, 0.3) is 0 Å². The fraction of sp³-hybridized carbons (Fsp3) is 0.571. The van der Waals surface area contributed by atoms with Gasteiger partial charge in [-0.3, -0.25) is 0 Å². The van der Waals surface area contributed by atoms with Crippen LogP contribution in [0.2, 0.25) is 0 Å². The second-order valence-corrected chi connectivity index (χ2v) is 7.26. The molecule has 1 fully saturated rings. The van der Waals surface area contributed by atoms with Crippen molar-refractivity contribution in [3.63, 3.8) is 0 Å². The number of aryl methyl sites for hydroxylation is 1. The molecule has 0 aromatic heterocycles. The molecule has 0 aliphatic carbocycles. The monoisotopic (exact) mass is 285 g/mol. The zero-order chi connectivity index (χ0) is 13.0. The van der Waals surface area contributed by atoms with Crippen LogP contribution in [0.5, 0.6) is 0 Å². The van der Waals surface area contributed by atoms with E-state index in [9.17, 15) is 4.39 Å². The highest BCUT2D eigenvalue weighted by atomic mass is 32.2. The average Bonchev–Trinajstić information content (AvgIpc) is 2.40. The summed E-state index contributed by atoms with van der Waals surface area (Å²) in [6.07, 6.45) is 0. The summed E-state index contributed by atoms with van der Waals surface area (Å²) < 4.78 is 13.5. The quantitative estimate of drug-likeness (QED) is 0.907. The van der Waals surface area contributed by atoms with Crippen LogP contribution in [0.3, 0.4) is 0 Å². The largest absolute Gasteiger partial charge is 0.309 e. The Bertz CT molecular complexity index is 391. The molecule has 0 radical (unpaired) electrons. The SMILES string of the molecule is Cc1ccc(C(C)NCC2CSCCS2)cc1F. The Morgan fingerprint density at radius 1 is 1.44 bits per heavy atom. The molecule has 100 valence electrons. The van der Waals surface area contributed by atoms with Gasteiger partial charge in [0.05, 0.1) is 0 Å². The maximum absolute atomic E-state index is 13.5. The molecule has 1 aromatic carbocycles. The molecule has 0 amide bonds. The van der Waals surface area contributed by atoms with Crippen molar-refractivity contribution >= 4 is 23.5 Å². The van der Waals surface area contributed by atoms with Crippen LogP contribution in [0.15, 0.2) is 18.2 Å². The fourth-order valence-electron chi connectivity index (χ4n) is 1.96. The highest BCUT2D eigenvalue weighted by Gasteiger charge is 2.15. The van der Waals surface area contributed by atoms with Gasteiger partial charge in [0.25, 0.3) is 0 Å². The lowest BCUT2D eigenvalue weighted by Crippen LogP contribution is -2.30. The van der Waals surface area contributed by atoms with E-state index in [1.165, 1.54) is 17.3 Å². The van der Waals surface area contributed by atoms with Crippen molar-refractivity contribution < 1.29 is 4.39 Å². The van der Waals surface area contributed by atoms with Gasteiger partial charge in [-0.25, -0.2) is 4.39 Å². The van der Waals surface area contributed by atoms with Crippen LogP contribution in [0, 0.1) is 12.7 Å². The molecule has 4 heteroatoms. The van der Waals surface area contributed by atoms with E-state index >= 15 is 0 Å². The number of hydrogen-bond acceptors (Lipinski definition) is 3. The highest BCUT2D eigenvalue weighted by Crippen LogP contribution is 2.24. The minimum atomic E-state index is -0.108. The van der Waals surface area contributed by atoms with Crippen molar-refractivity contribution in [2.24, 2.45) is 0 Å². The summed E-state index contributed by atoms with van der Waals surface area (Å²) in [5.74, 6) is 3.65. The molecular weight excluding hydrogens is 265 g/mol. The third-order valence-electron chi connectivity index (χ3n) is 3.23. The van der Waals surface area contributed by atoms with Crippen molar-refractivity contribution in [1.29, 1.82) is 0 Å². The molecule has 1 nitrogen and oxygen atoms in total. The van der Waals surface area contributed by atoms with Gasteiger partial charge < -0.3 is 5.32 Å². The Hall–Kier alpha value is -0.190. The van der Waals surface area contributed by atoms with Crippen molar-refractivity contribution in [3.05, 3.63) is 35.1 Å². The van der Waals surface area contributed by atoms with Crippen LogP contribution in [-0.4, -0.2) is 29.1 Å². The van der Waals surface area contributed by atoms with Crippen LogP contribution in [0.4, 0.5) is 4.39 Å². The third kappa shape index (κ3) is 3.90. The first-order valence-electron chi connectivity index (χ1n) is 6.35. The summed E-state index contributed by atoms with van der Waals surface area (Å²) in [5.41, 5.74) is 1.75. The lowest BCUT2D eigenvalue weighted by Gasteiger charge is -2.23. The number of rotatable bonds is 4. The van der Waals surface area contributed by atoms with Crippen LogP contribution in [0.1, 0.15) is 24.1 Å². The number of benzene rings is 1. The molecule has 0 bridgehead atoms. The van der Waals surface area contributed by atoms with Gasteiger partial charge in [0.2, 0.25) is 0 Å². The molecule has 2 atom stereocenters. The van der Waals surface area contributed by atoms with Gasteiger partial charge in [0, 0.05) is 35.1 Å². The summed E-state index contributed by atoms with van der Waals surface area (Å²) in [6.45, 7) is 4.91. The fourth-order valence-corrected chi connectivity index (χ4v) is 4.58. The predicted molar refractivity (Wildman–Crippen MR) is 81.1 cm³/mol. The second-order valence-electron chi connectivity index (χ2n) is 4.71. The second kappa shape index (κ2) is 6.83. The summed E-state index contributed by atoms with van der Waals surface area (Å²) >= 11 is 4.08. The number of halogens is 1. The van der Waals surface area contributed by atoms with Gasteiger partial charge in [-0.05, 0) is 31.0 Å². The van der Waals surface area contributed by atoms with Crippen molar-refractivity contribution in [3.8, 4) is 0 Å². The van der Waals surface area contributed by atoms with E-state index in [1.54, 1.807) is 13.0 Å². The van der Waals surface area contributed by atoms with Crippen LogP contribution in [-0.2, 0) is 0 Å².